The molecule has 0 aliphatic heterocycles. The average Bonchev–Trinajstić information content (AvgIpc) is 2.80. The summed E-state index contributed by atoms with van der Waals surface area (Å²) in [5, 5.41) is 0. The Hall–Kier alpha value is -2.68. The molecule has 0 atom stereocenters. The van der Waals surface area contributed by atoms with E-state index in [4.69, 9.17) is 4.74 Å². The van der Waals surface area contributed by atoms with Crippen molar-refractivity contribution in [2.24, 2.45) is 0 Å². The van der Waals surface area contributed by atoms with Crippen LogP contribution in [0.25, 0.3) is 22.3 Å². The number of ether oxygens (including phenoxy) is 1. The number of benzene rings is 3. The Labute approximate surface area is 185 Å². The molecule has 3 rings (SSSR count). The molecule has 164 valence electrons. The summed E-state index contributed by atoms with van der Waals surface area (Å²) in [6.07, 6.45) is 7.70. The van der Waals surface area contributed by atoms with E-state index < -0.39 is 11.6 Å². The minimum absolute atomic E-state index is 0.0204. The topological polar surface area (TPSA) is 9.23 Å². The summed E-state index contributed by atoms with van der Waals surface area (Å²) in [5.74, 6) is -1.80. The van der Waals surface area contributed by atoms with E-state index in [-0.39, 0.29) is 11.3 Å². The van der Waals surface area contributed by atoms with E-state index in [0.717, 1.165) is 36.8 Å². The number of hydrogen-bond donors (Lipinski definition) is 0. The van der Waals surface area contributed by atoms with Crippen molar-refractivity contribution in [2.75, 3.05) is 6.61 Å². The van der Waals surface area contributed by atoms with Gasteiger partial charge in [-0.05, 0) is 53.6 Å². The molecule has 0 saturated heterocycles. The molecule has 31 heavy (non-hydrogen) atoms. The SMILES string of the molecule is CCCCCOc1ccc(-c2ccc(-c3ccc(CCCCC)cc3)cc2)c(F)c1F. The van der Waals surface area contributed by atoms with Gasteiger partial charge in [0.05, 0.1) is 6.61 Å². The lowest BCUT2D eigenvalue weighted by molar-refractivity contribution is 0.286. The van der Waals surface area contributed by atoms with Gasteiger partial charge in [-0.1, -0.05) is 88.1 Å². The Bertz CT molecular complexity index is 946. The lowest BCUT2D eigenvalue weighted by atomic mass is 9.98. The highest BCUT2D eigenvalue weighted by atomic mass is 19.2. The minimum atomic E-state index is -0.920. The van der Waals surface area contributed by atoms with E-state index in [0.29, 0.717) is 12.2 Å². The Kier molecular flexibility index (Phi) is 8.63. The van der Waals surface area contributed by atoms with E-state index in [1.54, 1.807) is 6.07 Å². The molecule has 0 saturated carbocycles. The molecule has 0 aliphatic carbocycles. The maximum absolute atomic E-state index is 14.7. The third-order valence-corrected chi connectivity index (χ3v) is 5.60. The molecule has 0 aromatic heterocycles. The summed E-state index contributed by atoms with van der Waals surface area (Å²) in [6, 6.07) is 19.3. The summed E-state index contributed by atoms with van der Waals surface area (Å²) in [6.45, 7) is 4.70. The summed E-state index contributed by atoms with van der Waals surface area (Å²) in [5.41, 5.74) is 4.42. The van der Waals surface area contributed by atoms with Crippen LogP contribution in [0, 0.1) is 11.6 Å². The van der Waals surface area contributed by atoms with Crippen molar-refractivity contribution in [3.05, 3.63) is 77.9 Å². The van der Waals surface area contributed by atoms with Gasteiger partial charge >= 0.3 is 0 Å². The van der Waals surface area contributed by atoms with Gasteiger partial charge in [0.25, 0.3) is 0 Å². The van der Waals surface area contributed by atoms with Crippen LogP contribution < -0.4 is 4.74 Å². The molecular formula is C28H32F2O. The number of aryl methyl sites for hydroxylation is 1. The normalized spacial score (nSPS) is 11.0. The zero-order valence-electron chi connectivity index (χ0n) is 18.6. The largest absolute Gasteiger partial charge is 0.490 e. The molecular weight excluding hydrogens is 390 g/mol. The third-order valence-electron chi connectivity index (χ3n) is 5.60. The number of hydrogen-bond acceptors (Lipinski definition) is 1. The predicted molar refractivity (Wildman–Crippen MR) is 125 cm³/mol. The van der Waals surface area contributed by atoms with E-state index >= 15 is 0 Å². The van der Waals surface area contributed by atoms with Crippen LogP contribution in [-0.2, 0) is 6.42 Å². The molecule has 0 heterocycles. The van der Waals surface area contributed by atoms with Gasteiger partial charge in [-0.2, -0.15) is 4.39 Å². The Balaban J connectivity index is 1.70. The fourth-order valence-corrected chi connectivity index (χ4v) is 3.69. The predicted octanol–water partition coefficient (Wildman–Crippen LogP) is 8.60. The maximum Gasteiger partial charge on any atom is 0.201 e. The highest BCUT2D eigenvalue weighted by Gasteiger charge is 2.16. The Morgan fingerprint density at radius 2 is 1.19 bits per heavy atom. The molecule has 3 aromatic rings. The van der Waals surface area contributed by atoms with Gasteiger partial charge in [0.15, 0.2) is 11.6 Å². The van der Waals surface area contributed by atoms with Crippen LogP contribution in [-0.4, -0.2) is 6.61 Å². The monoisotopic (exact) mass is 422 g/mol. The zero-order valence-corrected chi connectivity index (χ0v) is 18.6. The maximum atomic E-state index is 14.7. The Morgan fingerprint density at radius 3 is 1.84 bits per heavy atom. The first-order valence-electron chi connectivity index (χ1n) is 11.4. The van der Waals surface area contributed by atoms with Crippen LogP contribution in [0.2, 0.25) is 0 Å². The summed E-state index contributed by atoms with van der Waals surface area (Å²) in [7, 11) is 0. The molecule has 0 N–H and O–H groups in total. The van der Waals surface area contributed by atoms with Crippen molar-refractivity contribution in [1.29, 1.82) is 0 Å². The smallest absolute Gasteiger partial charge is 0.201 e. The molecule has 0 radical (unpaired) electrons. The summed E-state index contributed by atoms with van der Waals surface area (Å²) in [4.78, 5) is 0. The van der Waals surface area contributed by atoms with Crippen LogP contribution in [0.1, 0.15) is 57.9 Å². The third kappa shape index (κ3) is 6.16. The first-order chi connectivity index (χ1) is 15.1. The molecule has 1 nitrogen and oxygen atoms in total. The molecule has 0 bridgehead atoms. The minimum Gasteiger partial charge on any atom is -0.490 e. The van der Waals surface area contributed by atoms with Crippen molar-refractivity contribution in [2.45, 2.75) is 58.8 Å². The van der Waals surface area contributed by atoms with Crippen LogP contribution in [0.15, 0.2) is 60.7 Å². The fourth-order valence-electron chi connectivity index (χ4n) is 3.69. The molecule has 0 amide bonds. The Morgan fingerprint density at radius 1 is 0.613 bits per heavy atom. The quantitative estimate of drug-likeness (QED) is 0.281. The first-order valence-corrected chi connectivity index (χ1v) is 11.4. The molecule has 3 heteroatoms. The lowest BCUT2D eigenvalue weighted by Gasteiger charge is -2.11. The molecule has 0 unspecified atom stereocenters. The fraction of sp³-hybridized carbons (Fsp3) is 0.357. The van der Waals surface area contributed by atoms with E-state index in [1.807, 2.05) is 24.3 Å². The second-order valence-corrected chi connectivity index (χ2v) is 8.03. The second kappa shape index (κ2) is 11.6. The van der Waals surface area contributed by atoms with Gasteiger partial charge in [-0.25, -0.2) is 4.39 Å². The first kappa shape index (κ1) is 23.0. The summed E-state index contributed by atoms with van der Waals surface area (Å²) < 4.78 is 34.5. The van der Waals surface area contributed by atoms with Gasteiger partial charge in [0.1, 0.15) is 0 Å². The lowest BCUT2D eigenvalue weighted by Crippen LogP contribution is -2.01. The highest BCUT2D eigenvalue weighted by Crippen LogP contribution is 2.31. The van der Waals surface area contributed by atoms with Crippen LogP contribution in [0.5, 0.6) is 5.75 Å². The van der Waals surface area contributed by atoms with Crippen LogP contribution >= 0.6 is 0 Å². The summed E-state index contributed by atoms with van der Waals surface area (Å²) >= 11 is 0. The molecule has 0 spiro atoms. The van der Waals surface area contributed by atoms with Crippen molar-refractivity contribution >= 4 is 0 Å². The molecule has 3 aromatic carbocycles. The van der Waals surface area contributed by atoms with Crippen LogP contribution in [0.4, 0.5) is 8.78 Å². The van der Waals surface area contributed by atoms with Crippen molar-refractivity contribution < 1.29 is 13.5 Å². The highest BCUT2D eigenvalue weighted by molar-refractivity contribution is 5.71. The van der Waals surface area contributed by atoms with Gasteiger partial charge in [-0.3, -0.25) is 0 Å². The molecule has 0 aliphatic rings. The van der Waals surface area contributed by atoms with Crippen molar-refractivity contribution in [3.63, 3.8) is 0 Å². The van der Waals surface area contributed by atoms with Gasteiger partial charge < -0.3 is 4.74 Å². The van der Waals surface area contributed by atoms with E-state index in [9.17, 15) is 8.78 Å². The number of unbranched alkanes of at least 4 members (excludes halogenated alkanes) is 4. The molecule has 0 fully saturated rings. The van der Waals surface area contributed by atoms with E-state index in [2.05, 4.69) is 38.1 Å². The van der Waals surface area contributed by atoms with Crippen LogP contribution in [0.3, 0.4) is 0 Å². The van der Waals surface area contributed by atoms with Crippen molar-refractivity contribution in [3.8, 4) is 28.0 Å². The van der Waals surface area contributed by atoms with E-state index in [1.165, 1.54) is 30.9 Å². The standard InChI is InChI=1S/C28H32F2O/c1-3-5-7-9-21-10-12-22(13-11-21)23-14-16-24(17-15-23)25-18-19-26(28(30)27(25)29)31-20-8-6-4-2/h10-19H,3-9,20H2,1-2H3. The zero-order chi connectivity index (χ0) is 22.1. The average molecular weight is 423 g/mol. The number of rotatable bonds is 11. The number of halogens is 2. The van der Waals surface area contributed by atoms with Gasteiger partial charge in [-0.15, -0.1) is 0 Å². The van der Waals surface area contributed by atoms with Gasteiger partial charge in [0.2, 0.25) is 5.82 Å². The van der Waals surface area contributed by atoms with Crippen molar-refractivity contribution in [1.82, 2.24) is 0 Å². The second-order valence-electron chi connectivity index (χ2n) is 8.03. The van der Waals surface area contributed by atoms with Gasteiger partial charge in [0, 0.05) is 5.56 Å².